The standard InChI is InChI=1S/C23H19F3N6O2S2/c24-23(25,26)14-4-1-5-16(12-14)32(20(17-6-2-10-35-17)22(34)27-15-8-9-15)19(33)13-31-29-21(28-30-31)18-7-3-11-36-18/h1-7,10-12,15,20H,8-9,13H2,(H,27,34)/t20-/m1/s1. The molecule has 0 spiro atoms. The van der Waals surface area contributed by atoms with E-state index in [9.17, 15) is 22.8 Å². The van der Waals surface area contributed by atoms with Gasteiger partial charge in [0, 0.05) is 16.6 Å². The summed E-state index contributed by atoms with van der Waals surface area (Å²) in [6.45, 7) is -0.423. The second-order valence-corrected chi connectivity index (χ2v) is 10.1. The fraction of sp³-hybridized carbons (Fsp3) is 0.261. The van der Waals surface area contributed by atoms with Crippen molar-refractivity contribution in [3.05, 3.63) is 69.7 Å². The first-order valence-corrected chi connectivity index (χ1v) is 12.7. The number of hydrogen-bond acceptors (Lipinski definition) is 7. The highest BCUT2D eigenvalue weighted by atomic mass is 32.1. The topological polar surface area (TPSA) is 93.0 Å². The van der Waals surface area contributed by atoms with E-state index in [1.165, 1.54) is 34.8 Å². The number of hydrogen-bond donors (Lipinski definition) is 1. The van der Waals surface area contributed by atoms with E-state index in [0.717, 1.165) is 39.5 Å². The molecule has 8 nitrogen and oxygen atoms in total. The molecule has 0 aliphatic heterocycles. The molecule has 1 aromatic carbocycles. The average Bonchev–Trinajstić information content (AvgIpc) is 3.28. The maximum atomic E-state index is 13.7. The van der Waals surface area contributed by atoms with E-state index >= 15 is 0 Å². The molecule has 0 unspecified atom stereocenters. The Labute approximate surface area is 211 Å². The van der Waals surface area contributed by atoms with Gasteiger partial charge in [-0.2, -0.15) is 18.0 Å². The summed E-state index contributed by atoms with van der Waals surface area (Å²) in [5, 5.41) is 18.6. The number of nitrogens with one attached hydrogen (secondary N) is 1. The molecular formula is C23H19F3N6O2S2. The molecule has 1 N–H and O–H groups in total. The predicted octanol–water partition coefficient (Wildman–Crippen LogP) is 4.54. The highest BCUT2D eigenvalue weighted by Crippen LogP contribution is 2.36. The number of alkyl halides is 3. The number of nitrogens with zero attached hydrogens (tertiary/aromatic N) is 5. The summed E-state index contributed by atoms with van der Waals surface area (Å²) in [5.74, 6) is -0.796. The van der Waals surface area contributed by atoms with Crippen molar-refractivity contribution in [2.24, 2.45) is 0 Å². The second-order valence-electron chi connectivity index (χ2n) is 8.13. The van der Waals surface area contributed by atoms with Crippen LogP contribution in [0.4, 0.5) is 18.9 Å². The number of rotatable bonds is 8. The van der Waals surface area contributed by atoms with Gasteiger partial charge in [-0.15, -0.1) is 32.9 Å². The lowest BCUT2D eigenvalue weighted by Gasteiger charge is -2.31. The smallest absolute Gasteiger partial charge is 0.351 e. The lowest BCUT2D eigenvalue weighted by Crippen LogP contribution is -2.45. The minimum absolute atomic E-state index is 0.0104. The Morgan fingerprint density at radius 2 is 1.89 bits per heavy atom. The largest absolute Gasteiger partial charge is 0.416 e. The van der Waals surface area contributed by atoms with Gasteiger partial charge in [0.2, 0.25) is 11.7 Å². The molecule has 4 aromatic rings. The number of halogens is 3. The summed E-state index contributed by atoms with van der Waals surface area (Å²) < 4.78 is 40.6. The zero-order chi connectivity index (χ0) is 25.3. The van der Waals surface area contributed by atoms with Crippen LogP contribution >= 0.6 is 22.7 Å². The van der Waals surface area contributed by atoms with Gasteiger partial charge in [-0.05, 0) is 59.1 Å². The Morgan fingerprint density at radius 1 is 1.11 bits per heavy atom. The first-order valence-electron chi connectivity index (χ1n) is 10.9. The van der Waals surface area contributed by atoms with E-state index < -0.39 is 36.1 Å². The Balaban J connectivity index is 1.53. The first kappa shape index (κ1) is 24.1. The summed E-state index contributed by atoms with van der Waals surface area (Å²) >= 11 is 2.64. The maximum absolute atomic E-state index is 13.7. The molecule has 36 heavy (non-hydrogen) atoms. The number of benzene rings is 1. The van der Waals surface area contributed by atoms with E-state index in [-0.39, 0.29) is 11.7 Å². The number of tetrazole rings is 1. The van der Waals surface area contributed by atoms with Crippen molar-refractivity contribution < 1.29 is 22.8 Å². The van der Waals surface area contributed by atoms with Crippen LogP contribution in [0.15, 0.2) is 59.3 Å². The molecule has 0 radical (unpaired) electrons. The fourth-order valence-electron chi connectivity index (χ4n) is 3.61. The highest BCUT2D eigenvalue weighted by Gasteiger charge is 2.38. The van der Waals surface area contributed by atoms with Crippen LogP contribution in [-0.4, -0.2) is 38.1 Å². The number of amides is 2. The van der Waals surface area contributed by atoms with Crippen LogP contribution in [-0.2, 0) is 22.3 Å². The Morgan fingerprint density at radius 3 is 2.56 bits per heavy atom. The molecule has 3 aromatic heterocycles. The third-order valence-electron chi connectivity index (χ3n) is 5.43. The van der Waals surface area contributed by atoms with E-state index in [2.05, 4.69) is 20.7 Å². The first-order chi connectivity index (χ1) is 17.3. The molecule has 1 atom stereocenters. The molecule has 5 rings (SSSR count). The van der Waals surface area contributed by atoms with Gasteiger partial charge in [-0.3, -0.25) is 14.5 Å². The fourth-order valence-corrected chi connectivity index (χ4v) is 5.07. The highest BCUT2D eigenvalue weighted by molar-refractivity contribution is 7.13. The minimum Gasteiger partial charge on any atom is -0.351 e. The quantitative estimate of drug-likeness (QED) is 0.360. The van der Waals surface area contributed by atoms with E-state index in [0.29, 0.717) is 10.7 Å². The molecule has 186 valence electrons. The molecule has 1 fully saturated rings. The number of anilines is 1. The van der Waals surface area contributed by atoms with Crippen molar-refractivity contribution >= 4 is 40.2 Å². The van der Waals surface area contributed by atoms with Crippen LogP contribution in [0.5, 0.6) is 0 Å². The van der Waals surface area contributed by atoms with Gasteiger partial charge in [0.05, 0.1) is 10.4 Å². The minimum atomic E-state index is -4.62. The normalized spacial score (nSPS) is 14.4. The Hall–Kier alpha value is -3.58. The summed E-state index contributed by atoms with van der Waals surface area (Å²) in [7, 11) is 0. The van der Waals surface area contributed by atoms with Crippen molar-refractivity contribution in [3.63, 3.8) is 0 Å². The van der Waals surface area contributed by atoms with Crippen molar-refractivity contribution in [3.8, 4) is 10.7 Å². The van der Waals surface area contributed by atoms with E-state index in [1.54, 1.807) is 23.6 Å². The summed E-state index contributed by atoms with van der Waals surface area (Å²) in [6, 6.07) is 10.2. The molecule has 1 aliphatic carbocycles. The molecule has 13 heteroatoms. The lowest BCUT2D eigenvalue weighted by molar-refractivity contribution is -0.137. The van der Waals surface area contributed by atoms with E-state index in [1.807, 2.05) is 11.4 Å². The predicted molar refractivity (Wildman–Crippen MR) is 128 cm³/mol. The summed E-state index contributed by atoms with van der Waals surface area (Å²) in [6.07, 6.45) is -2.99. The van der Waals surface area contributed by atoms with Crippen LogP contribution in [0.25, 0.3) is 10.7 Å². The molecule has 1 saturated carbocycles. The summed E-state index contributed by atoms with van der Waals surface area (Å²) in [5.41, 5.74) is -0.984. The third-order valence-corrected chi connectivity index (χ3v) is 7.22. The van der Waals surface area contributed by atoms with Gasteiger partial charge in [0.25, 0.3) is 5.91 Å². The SMILES string of the molecule is O=C(NC1CC1)[C@@H](c1cccs1)N(C(=O)Cn1nnc(-c2cccs2)n1)c1cccc(C(F)(F)F)c1. The maximum Gasteiger partial charge on any atom is 0.416 e. The summed E-state index contributed by atoms with van der Waals surface area (Å²) in [4.78, 5) is 30.4. The number of carbonyl (C=O) groups excluding carboxylic acids is 2. The number of carbonyl (C=O) groups is 2. The molecule has 0 bridgehead atoms. The van der Waals surface area contributed by atoms with Crippen LogP contribution in [0, 0.1) is 0 Å². The van der Waals surface area contributed by atoms with E-state index in [4.69, 9.17) is 0 Å². The lowest BCUT2D eigenvalue weighted by atomic mass is 10.1. The third kappa shape index (κ3) is 5.31. The van der Waals surface area contributed by atoms with Gasteiger partial charge in [0.15, 0.2) is 0 Å². The van der Waals surface area contributed by atoms with Crippen LogP contribution in [0.1, 0.15) is 29.3 Å². The van der Waals surface area contributed by atoms with Gasteiger partial charge >= 0.3 is 6.18 Å². The van der Waals surface area contributed by atoms with Gasteiger partial charge in [0.1, 0.15) is 12.6 Å². The van der Waals surface area contributed by atoms with Crippen molar-refractivity contribution in [2.75, 3.05) is 4.90 Å². The van der Waals surface area contributed by atoms with Gasteiger partial charge in [-0.25, -0.2) is 0 Å². The zero-order valence-corrected chi connectivity index (χ0v) is 20.2. The zero-order valence-electron chi connectivity index (χ0n) is 18.6. The van der Waals surface area contributed by atoms with Crippen LogP contribution in [0.3, 0.4) is 0 Å². The number of aromatic nitrogens is 4. The average molecular weight is 533 g/mol. The monoisotopic (exact) mass is 532 g/mol. The van der Waals surface area contributed by atoms with Gasteiger partial charge < -0.3 is 5.32 Å². The number of thiophene rings is 2. The molecule has 3 heterocycles. The van der Waals surface area contributed by atoms with Gasteiger partial charge in [-0.1, -0.05) is 18.2 Å². The Kier molecular flexibility index (Phi) is 6.58. The molecule has 2 amide bonds. The van der Waals surface area contributed by atoms with Crippen molar-refractivity contribution in [1.29, 1.82) is 0 Å². The van der Waals surface area contributed by atoms with Crippen LogP contribution in [0.2, 0.25) is 0 Å². The Bertz CT molecular complexity index is 1350. The molecular weight excluding hydrogens is 513 g/mol. The molecule has 1 aliphatic rings. The molecule has 0 saturated heterocycles. The second kappa shape index (κ2) is 9.82. The van der Waals surface area contributed by atoms with Crippen molar-refractivity contribution in [1.82, 2.24) is 25.5 Å². The van der Waals surface area contributed by atoms with Crippen LogP contribution < -0.4 is 10.2 Å². The van der Waals surface area contributed by atoms with Crippen molar-refractivity contribution in [2.45, 2.75) is 37.6 Å².